The van der Waals surface area contributed by atoms with E-state index in [0.717, 1.165) is 41.0 Å². The maximum atomic E-state index is 5.48. The monoisotopic (exact) mass is 839 g/mol. The average molecular weight is 840 g/mol. The van der Waals surface area contributed by atoms with Gasteiger partial charge in [0.25, 0.3) is 0 Å². The first-order chi connectivity index (χ1) is 32.2. The molecule has 3 atom stereocenters. The topological polar surface area (TPSA) is 48.5 Å². The Hall–Kier alpha value is -7.37. The number of hydrogen-bond acceptors (Lipinski definition) is 3. The number of benzene rings is 7. The van der Waals surface area contributed by atoms with Crippen LogP contribution < -0.4 is 10.6 Å². The predicted octanol–water partition coefficient (Wildman–Crippen LogP) is 13.4. The highest BCUT2D eigenvalue weighted by Crippen LogP contribution is 2.55. The van der Waals surface area contributed by atoms with Crippen molar-refractivity contribution in [3.8, 4) is 45.3 Å². The minimum atomic E-state index is -0.0669. The van der Waals surface area contributed by atoms with Crippen LogP contribution in [0, 0.1) is 0 Å². The molecule has 7 aromatic carbocycles. The van der Waals surface area contributed by atoms with Gasteiger partial charge in [-0.2, -0.15) is 9.97 Å². The number of aromatic nitrogens is 5. The lowest BCUT2D eigenvalue weighted by molar-refractivity contribution is 0.615. The van der Waals surface area contributed by atoms with Crippen molar-refractivity contribution in [3.05, 3.63) is 197 Å². The molecule has 65 heavy (non-hydrogen) atoms. The highest BCUT2D eigenvalue weighted by atomic mass is 15.2. The summed E-state index contributed by atoms with van der Waals surface area (Å²) in [6.45, 7) is 2.29. The van der Waals surface area contributed by atoms with E-state index in [0.29, 0.717) is 23.6 Å². The molecule has 5 nitrogen and oxygen atoms in total. The number of rotatable bonds is 8. The van der Waals surface area contributed by atoms with Gasteiger partial charge in [0.1, 0.15) is 5.82 Å². The molecule has 10 aromatic rings. The summed E-state index contributed by atoms with van der Waals surface area (Å²) >= 11 is 0. The van der Waals surface area contributed by atoms with Crippen LogP contribution in [0.4, 0.5) is 0 Å². The second-order valence-electron chi connectivity index (χ2n) is 18.4. The Morgan fingerprint density at radius 1 is 0.554 bits per heavy atom. The van der Waals surface area contributed by atoms with Crippen molar-refractivity contribution in [2.75, 3.05) is 0 Å². The van der Waals surface area contributed by atoms with Gasteiger partial charge in [-0.1, -0.05) is 153 Å². The number of hydrogen-bond donors (Lipinski definition) is 0. The molecule has 3 aliphatic carbocycles. The Bertz CT molecular complexity index is 3620. The van der Waals surface area contributed by atoms with Crippen molar-refractivity contribution in [2.45, 2.75) is 69.6 Å². The Morgan fingerprint density at radius 2 is 1.26 bits per heavy atom. The first kappa shape index (κ1) is 38.1. The van der Waals surface area contributed by atoms with Gasteiger partial charge in [0.15, 0.2) is 5.82 Å². The number of nitrogens with zero attached hydrogens (tertiary/aromatic N) is 5. The molecule has 0 radical (unpaired) electrons. The smallest absolute Gasteiger partial charge is 0.238 e. The van der Waals surface area contributed by atoms with Gasteiger partial charge in [-0.25, -0.2) is 4.98 Å². The summed E-state index contributed by atoms with van der Waals surface area (Å²) in [4.78, 5) is 16.1. The quantitative estimate of drug-likeness (QED) is 0.153. The van der Waals surface area contributed by atoms with E-state index in [9.17, 15) is 0 Å². The summed E-state index contributed by atoms with van der Waals surface area (Å²) < 4.78 is 4.66. The second kappa shape index (κ2) is 15.4. The van der Waals surface area contributed by atoms with Crippen LogP contribution in [-0.2, 0) is 6.42 Å². The normalized spacial score (nSPS) is 17.3. The third-order valence-corrected chi connectivity index (χ3v) is 14.7. The zero-order chi connectivity index (χ0) is 43.0. The van der Waals surface area contributed by atoms with Gasteiger partial charge >= 0.3 is 0 Å². The van der Waals surface area contributed by atoms with E-state index in [2.05, 4.69) is 186 Å². The minimum absolute atomic E-state index is 0.0669. The van der Waals surface area contributed by atoms with Crippen LogP contribution in [0.2, 0.25) is 0 Å². The molecule has 3 aromatic heterocycles. The minimum Gasteiger partial charge on any atom is -0.310 e. The van der Waals surface area contributed by atoms with Gasteiger partial charge < -0.3 is 4.57 Å². The molecule has 5 heteroatoms. The second-order valence-corrected chi connectivity index (χ2v) is 18.4. The molecule has 1 saturated carbocycles. The zero-order valence-corrected chi connectivity index (χ0v) is 36.7. The van der Waals surface area contributed by atoms with E-state index in [1.807, 2.05) is 6.07 Å². The fourth-order valence-electron chi connectivity index (χ4n) is 11.6. The van der Waals surface area contributed by atoms with E-state index >= 15 is 0 Å². The van der Waals surface area contributed by atoms with Crippen molar-refractivity contribution >= 4 is 44.9 Å². The summed E-state index contributed by atoms with van der Waals surface area (Å²) in [6.07, 6.45) is 13.0. The van der Waals surface area contributed by atoms with E-state index in [1.165, 1.54) is 97.7 Å². The Labute approximate surface area is 379 Å². The molecule has 3 aliphatic rings. The molecule has 0 N–H and O–H groups in total. The van der Waals surface area contributed by atoms with Crippen molar-refractivity contribution in [2.24, 2.45) is 0 Å². The highest BCUT2D eigenvalue weighted by Gasteiger charge is 2.37. The molecule has 1 fully saturated rings. The van der Waals surface area contributed by atoms with Crippen molar-refractivity contribution in [1.29, 1.82) is 0 Å². The molecule has 13 rings (SSSR count). The Balaban J connectivity index is 0.982. The molecular weight excluding hydrogens is 791 g/mol. The van der Waals surface area contributed by atoms with Crippen LogP contribution in [0.5, 0.6) is 0 Å². The van der Waals surface area contributed by atoms with E-state index in [4.69, 9.17) is 15.0 Å². The number of para-hydroxylation sites is 3. The first-order valence-corrected chi connectivity index (χ1v) is 23.7. The summed E-state index contributed by atoms with van der Waals surface area (Å²) in [7, 11) is 0. The van der Waals surface area contributed by atoms with Crippen molar-refractivity contribution in [3.63, 3.8) is 0 Å². The van der Waals surface area contributed by atoms with Gasteiger partial charge in [-0.05, 0) is 125 Å². The molecule has 0 spiro atoms. The summed E-state index contributed by atoms with van der Waals surface area (Å²) in [6, 6.07) is 60.1. The highest BCUT2D eigenvalue weighted by molar-refractivity contribution is 6.10. The fraction of sp³-hybridized carbons (Fsp3) is 0.183. The average Bonchev–Trinajstić information content (AvgIpc) is 4.09. The molecule has 0 saturated heterocycles. The van der Waals surface area contributed by atoms with E-state index in [-0.39, 0.29) is 5.92 Å². The molecule has 3 heterocycles. The lowest BCUT2D eigenvalue weighted by Gasteiger charge is -2.32. The zero-order valence-electron chi connectivity index (χ0n) is 36.7. The van der Waals surface area contributed by atoms with Crippen molar-refractivity contribution in [1.82, 2.24) is 24.1 Å². The van der Waals surface area contributed by atoms with E-state index < -0.39 is 0 Å². The van der Waals surface area contributed by atoms with Crippen LogP contribution in [-0.4, -0.2) is 24.1 Å². The van der Waals surface area contributed by atoms with Crippen LogP contribution in [0.15, 0.2) is 164 Å². The molecule has 3 unspecified atom stereocenters. The van der Waals surface area contributed by atoms with Crippen LogP contribution in [0.25, 0.3) is 90.1 Å². The lowest BCUT2D eigenvalue weighted by Crippen LogP contribution is -2.32. The number of unbranched alkanes of at least 4 members (excludes halogenated alkanes) is 1. The Morgan fingerprint density at radius 3 is 2.09 bits per heavy atom. The van der Waals surface area contributed by atoms with E-state index in [1.54, 1.807) is 5.56 Å². The van der Waals surface area contributed by atoms with Gasteiger partial charge in [-0.3, -0.25) is 4.57 Å². The molecule has 0 aliphatic heterocycles. The summed E-state index contributed by atoms with van der Waals surface area (Å²) in [5.41, 5.74) is 15.3. The summed E-state index contributed by atoms with van der Waals surface area (Å²) in [5, 5.41) is 6.05. The van der Waals surface area contributed by atoms with Gasteiger partial charge in [0.2, 0.25) is 5.95 Å². The maximum Gasteiger partial charge on any atom is 0.238 e. The Kier molecular flexibility index (Phi) is 9.04. The predicted molar refractivity (Wildman–Crippen MR) is 267 cm³/mol. The molecular formula is C60H49N5. The SMILES string of the molecule is CCCCc1ccc2c(c1)C1CCCC1c1ccc(-c3ccc4c5ccccc5n(-c5nc(-c6ccccc6)nc(C6C=c7c(c8ccccc8n7-c7ccccc7)=CC6)n5)c4c3)cc1-2. The van der Waals surface area contributed by atoms with Crippen LogP contribution >= 0.6 is 0 Å². The first-order valence-electron chi connectivity index (χ1n) is 23.7. The standard InChI is InChI=1S/C60H49N5/c1-2-3-15-38-26-30-47-52(34-38)45-23-14-22-44(45)46-31-27-40(35-53(46)47)41-28-32-51-49-21-11-13-25-55(49)65(57(51)36-41)60-62-58(39-16-6-4-7-17-39)61-59(63-60)42-29-33-50-48-20-10-12-24-54(48)64(56(50)37-42)43-18-8-5-9-19-43/h4-13,16-21,24-28,30-37,42,44-45H,2-3,14-15,22-23,29H2,1H3. The molecule has 0 amide bonds. The maximum absolute atomic E-state index is 5.48. The van der Waals surface area contributed by atoms with Crippen LogP contribution in [0.3, 0.4) is 0 Å². The van der Waals surface area contributed by atoms with Gasteiger partial charge in [0, 0.05) is 38.5 Å². The molecule has 0 bridgehead atoms. The number of aryl methyl sites for hydroxylation is 1. The number of fused-ring (bicyclic) bond motifs is 12. The molecule has 314 valence electrons. The van der Waals surface area contributed by atoms with Gasteiger partial charge in [0.05, 0.1) is 21.9 Å². The van der Waals surface area contributed by atoms with Crippen molar-refractivity contribution < 1.29 is 0 Å². The van der Waals surface area contributed by atoms with Crippen LogP contribution in [0.1, 0.15) is 85.7 Å². The summed E-state index contributed by atoms with van der Waals surface area (Å²) in [5.74, 6) is 3.23. The lowest BCUT2D eigenvalue weighted by atomic mass is 9.72. The third kappa shape index (κ3) is 6.24. The largest absolute Gasteiger partial charge is 0.310 e. The fourth-order valence-corrected chi connectivity index (χ4v) is 11.6. The van der Waals surface area contributed by atoms with Gasteiger partial charge in [-0.15, -0.1) is 0 Å². The third-order valence-electron chi connectivity index (χ3n) is 14.7.